The van der Waals surface area contributed by atoms with Crippen molar-refractivity contribution in [2.24, 2.45) is 5.92 Å². The highest BCUT2D eigenvalue weighted by molar-refractivity contribution is 5.88. The average Bonchev–Trinajstić information content (AvgIpc) is 3.03. The number of hydrogen-bond acceptors (Lipinski definition) is 2. The topological polar surface area (TPSA) is 69.6 Å². The Kier molecular flexibility index (Phi) is 3.57. The number of nitrogens with zero attached hydrogens (tertiary/aromatic N) is 1. The smallest absolute Gasteiger partial charge is 0.335 e. The van der Waals surface area contributed by atoms with Gasteiger partial charge in [-0.25, -0.2) is 9.59 Å². The maximum atomic E-state index is 12.2. The van der Waals surface area contributed by atoms with Crippen molar-refractivity contribution in [3.05, 3.63) is 34.9 Å². The molecule has 0 radical (unpaired) electrons. The molecule has 1 aliphatic carbocycles. The fourth-order valence-corrected chi connectivity index (χ4v) is 3.04. The van der Waals surface area contributed by atoms with Crippen molar-refractivity contribution in [2.75, 3.05) is 0 Å². The van der Waals surface area contributed by atoms with Gasteiger partial charge in [0.1, 0.15) is 0 Å². The normalized spacial score (nSPS) is 22.8. The zero-order valence-corrected chi connectivity index (χ0v) is 12.1. The summed E-state index contributed by atoms with van der Waals surface area (Å²) in [5, 5.41) is 12.1. The summed E-state index contributed by atoms with van der Waals surface area (Å²) in [5.74, 6) is -0.288. The van der Waals surface area contributed by atoms with E-state index >= 15 is 0 Å². The number of amides is 2. The molecule has 1 aliphatic heterocycles. The lowest BCUT2D eigenvalue weighted by Crippen LogP contribution is -2.38. The molecule has 0 saturated heterocycles. The third-order valence-corrected chi connectivity index (χ3v) is 4.35. The van der Waals surface area contributed by atoms with E-state index in [1.807, 2.05) is 6.07 Å². The second-order valence-corrected chi connectivity index (χ2v) is 5.99. The summed E-state index contributed by atoms with van der Waals surface area (Å²) in [5.41, 5.74) is 2.25. The molecule has 21 heavy (non-hydrogen) atoms. The van der Waals surface area contributed by atoms with Crippen LogP contribution in [0.5, 0.6) is 0 Å². The molecule has 2 atom stereocenters. The zero-order valence-electron chi connectivity index (χ0n) is 12.1. The number of carbonyl (C=O) groups is 2. The van der Waals surface area contributed by atoms with Crippen LogP contribution in [0, 0.1) is 5.92 Å². The summed E-state index contributed by atoms with van der Waals surface area (Å²) in [6, 6.07) is 5.37. The van der Waals surface area contributed by atoms with Crippen LogP contribution in [0.1, 0.15) is 47.7 Å². The van der Waals surface area contributed by atoms with Crippen molar-refractivity contribution >= 4 is 12.0 Å². The van der Waals surface area contributed by atoms with Crippen LogP contribution in [0.3, 0.4) is 0 Å². The van der Waals surface area contributed by atoms with Gasteiger partial charge in [-0.15, -0.1) is 0 Å². The van der Waals surface area contributed by atoms with Crippen LogP contribution >= 0.6 is 0 Å². The van der Waals surface area contributed by atoms with E-state index in [0.29, 0.717) is 25.0 Å². The highest BCUT2D eigenvalue weighted by Gasteiger charge is 2.38. The summed E-state index contributed by atoms with van der Waals surface area (Å²) < 4.78 is 0. The number of fused-ring (bicyclic) bond motifs is 1. The van der Waals surface area contributed by atoms with Crippen LogP contribution in [0.2, 0.25) is 0 Å². The fraction of sp³-hybridized carbons (Fsp3) is 0.500. The van der Waals surface area contributed by atoms with Crippen molar-refractivity contribution in [3.8, 4) is 0 Å². The van der Waals surface area contributed by atoms with E-state index in [1.165, 1.54) is 6.42 Å². The van der Waals surface area contributed by atoms with Crippen LogP contribution in [0.25, 0.3) is 0 Å². The van der Waals surface area contributed by atoms with Gasteiger partial charge in [-0.2, -0.15) is 0 Å². The van der Waals surface area contributed by atoms with Gasteiger partial charge in [0.05, 0.1) is 5.56 Å². The molecule has 3 rings (SSSR count). The predicted octanol–water partition coefficient (Wildman–Crippen LogP) is 2.60. The molecular formula is C16H20N2O3. The molecule has 0 bridgehead atoms. The van der Waals surface area contributed by atoms with E-state index in [0.717, 1.165) is 24.0 Å². The molecule has 0 spiro atoms. The van der Waals surface area contributed by atoms with Gasteiger partial charge in [0, 0.05) is 19.1 Å². The van der Waals surface area contributed by atoms with E-state index < -0.39 is 5.97 Å². The molecule has 5 heteroatoms. The molecule has 1 saturated carbocycles. The summed E-state index contributed by atoms with van der Waals surface area (Å²) in [6.45, 7) is 3.22. The molecule has 1 heterocycles. The number of carbonyl (C=O) groups excluding carboxylic acids is 1. The highest BCUT2D eigenvalue weighted by Crippen LogP contribution is 2.35. The zero-order chi connectivity index (χ0) is 15.0. The standard InChI is InChI=1S/C16H20N2O3/c1-2-3-10-7-14(10)17-16(21)18-8-12-5-4-11(15(19)20)6-13(12)9-18/h4-6,10,14H,2-3,7-9H2,1H3,(H,17,21)(H,19,20). The molecule has 2 N–H and O–H groups in total. The van der Waals surface area contributed by atoms with Gasteiger partial charge in [-0.3, -0.25) is 0 Å². The van der Waals surface area contributed by atoms with Crippen LogP contribution in [-0.2, 0) is 13.1 Å². The average molecular weight is 288 g/mol. The van der Waals surface area contributed by atoms with Crippen LogP contribution in [0.4, 0.5) is 4.79 Å². The minimum atomic E-state index is -0.930. The first-order valence-electron chi connectivity index (χ1n) is 7.49. The number of nitrogens with one attached hydrogen (secondary N) is 1. The number of carboxylic acids is 1. The second kappa shape index (κ2) is 5.39. The SMILES string of the molecule is CCCC1CC1NC(=O)N1Cc2ccc(C(=O)O)cc2C1. The Morgan fingerprint density at radius 2 is 2.10 bits per heavy atom. The van der Waals surface area contributed by atoms with Crippen molar-refractivity contribution in [1.29, 1.82) is 0 Å². The Hall–Kier alpha value is -2.04. The summed E-state index contributed by atoms with van der Waals surface area (Å²) in [4.78, 5) is 25.0. The summed E-state index contributed by atoms with van der Waals surface area (Å²) in [6.07, 6.45) is 3.42. The first-order chi connectivity index (χ1) is 10.1. The van der Waals surface area contributed by atoms with Gasteiger partial charge >= 0.3 is 12.0 Å². The monoisotopic (exact) mass is 288 g/mol. The number of benzene rings is 1. The Labute approximate surface area is 123 Å². The van der Waals surface area contributed by atoms with Gasteiger partial charge in [-0.05, 0) is 42.0 Å². The Bertz CT molecular complexity index is 585. The van der Waals surface area contributed by atoms with Crippen molar-refractivity contribution in [3.63, 3.8) is 0 Å². The van der Waals surface area contributed by atoms with Crippen molar-refractivity contribution in [2.45, 2.75) is 45.3 Å². The molecule has 1 fully saturated rings. The van der Waals surface area contributed by atoms with E-state index in [1.54, 1.807) is 17.0 Å². The van der Waals surface area contributed by atoms with Gasteiger partial charge in [0.25, 0.3) is 0 Å². The summed E-state index contributed by atoms with van der Waals surface area (Å²) >= 11 is 0. The van der Waals surface area contributed by atoms with Gasteiger partial charge in [0.15, 0.2) is 0 Å². The minimum absolute atomic E-state index is 0.0355. The van der Waals surface area contributed by atoms with Crippen molar-refractivity contribution in [1.82, 2.24) is 10.2 Å². The van der Waals surface area contributed by atoms with Gasteiger partial charge in [0.2, 0.25) is 0 Å². The molecule has 5 nitrogen and oxygen atoms in total. The molecule has 2 amide bonds. The van der Waals surface area contributed by atoms with E-state index in [4.69, 9.17) is 5.11 Å². The van der Waals surface area contributed by atoms with Gasteiger partial charge < -0.3 is 15.3 Å². The van der Waals surface area contributed by atoms with E-state index in [-0.39, 0.29) is 11.6 Å². The first-order valence-corrected chi connectivity index (χ1v) is 7.49. The quantitative estimate of drug-likeness (QED) is 0.894. The fourth-order valence-electron chi connectivity index (χ4n) is 3.04. The number of rotatable bonds is 4. The molecule has 1 aromatic rings. The van der Waals surface area contributed by atoms with E-state index in [2.05, 4.69) is 12.2 Å². The first kappa shape index (κ1) is 13.9. The van der Waals surface area contributed by atoms with E-state index in [9.17, 15) is 9.59 Å². The third-order valence-electron chi connectivity index (χ3n) is 4.35. The Morgan fingerprint density at radius 1 is 1.33 bits per heavy atom. The number of aromatic carboxylic acids is 1. The number of carboxylic acid groups (broad SMARTS) is 1. The molecule has 2 unspecified atom stereocenters. The van der Waals surface area contributed by atoms with Crippen LogP contribution in [-0.4, -0.2) is 28.0 Å². The molecule has 1 aromatic carbocycles. The predicted molar refractivity (Wildman–Crippen MR) is 78.0 cm³/mol. The Morgan fingerprint density at radius 3 is 2.81 bits per heavy atom. The summed E-state index contributed by atoms with van der Waals surface area (Å²) in [7, 11) is 0. The lowest BCUT2D eigenvalue weighted by Gasteiger charge is -2.16. The lowest BCUT2D eigenvalue weighted by atomic mass is 10.1. The lowest BCUT2D eigenvalue weighted by molar-refractivity contribution is 0.0696. The molecule has 112 valence electrons. The van der Waals surface area contributed by atoms with Crippen LogP contribution < -0.4 is 5.32 Å². The van der Waals surface area contributed by atoms with Crippen LogP contribution in [0.15, 0.2) is 18.2 Å². The maximum Gasteiger partial charge on any atom is 0.335 e. The molecule has 2 aliphatic rings. The molecule has 0 aromatic heterocycles. The van der Waals surface area contributed by atoms with Gasteiger partial charge in [-0.1, -0.05) is 19.4 Å². The van der Waals surface area contributed by atoms with Crippen molar-refractivity contribution < 1.29 is 14.7 Å². The second-order valence-electron chi connectivity index (χ2n) is 5.99. The maximum absolute atomic E-state index is 12.2. The molecular weight excluding hydrogens is 268 g/mol. The number of urea groups is 1. The third kappa shape index (κ3) is 2.86. The largest absolute Gasteiger partial charge is 0.478 e. The minimum Gasteiger partial charge on any atom is -0.478 e. The Balaban J connectivity index is 1.59. The number of hydrogen-bond donors (Lipinski definition) is 2. The highest BCUT2D eigenvalue weighted by atomic mass is 16.4.